The molecule has 28 heavy (non-hydrogen) atoms. The Morgan fingerprint density at radius 3 is 2.50 bits per heavy atom. The molecule has 1 unspecified atom stereocenters. The van der Waals surface area contributed by atoms with Gasteiger partial charge in [-0.05, 0) is 50.1 Å². The first-order valence-corrected chi connectivity index (χ1v) is 9.46. The van der Waals surface area contributed by atoms with E-state index in [0.29, 0.717) is 36.1 Å². The predicted molar refractivity (Wildman–Crippen MR) is 113 cm³/mol. The van der Waals surface area contributed by atoms with Gasteiger partial charge in [-0.3, -0.25) is 0 Å². The highest BCUT2D eigenvalue weighted by molar-refractivity contribution is 5.79. The number of nitrogens with zero attached hydrogens (tertiary/aromatic N) is 1. The van der Waals surface area contributed by atoms with E-state index >= 15 is 0 Å². The van der Waals surface area contributed by atoms with E-state index in [1.807, 2.05) is 6.92 Å². The molecule has 6 heteroatoms. The Labute approximate surface area is 167 Å². The van der Waals surface area contributed by atoms with Crippen molar-refractivity contribution < 1.29 is 14.6 Å². The molecule has 0 amide bonds. The van der Waals surface area contributed by atoms with Crippen molar-refractivity contribution in [2.75, 3.05) is 27.3 Å². The Morgan fingerprint density at radius 2 is 1.86 bits per heavy atom. The summed E-state index contributed by atoms with van der Waals surface area (Å²) in [7, 11) is 3.18. The number of benzene rings is 2. The largest absolute Gasteiger partial charge is 0.497 e. The molecule has 0 spiro atoms. The van der Waals surface area contributed by atoms with Crippen LogP contribution in [-0.4, -0.2) is 38.4 Å². The van der Waals surface area contributed by atoms with Crippen LogP contribution in [0.15, 0.2) is 41.4 Å². The highest BCUT2D eigenvalue weighted by Crippen LogP contribution is 2.29. The van der Waals surface area contributed by atoms with Crippen LogP contribution >= 0.6 is 0 Å². The highest BCUT2D eigenvalue weighted by Gasteiger charge is 2.15. The topological polar surface area (TPSA) is 75.1 Å². The molecule has 3 N–H and O–H groups in total. The van der Waals surface area contributed by atoms with Gasteiger partial charge in [0.15, 0.2) is 5.96 Å². The summed E-state index contributed by atoms with van der Waals surface area (Å²) in [6.45, 7) is 7.78. The lowest BCUT2D eigenvalue weighted by molar-refractivity contribution is 0.176. The Bertz CT molecular complexity index is 806. The standard InChI is InChI=1S/C22H31N3O3/c1-6-23-22(24-13-17-8-7-15(2)11-16(17)3)25-14-20(26)19-12-18(27-4)9-10-21(19)28-5/h7-12,20,26H,6,13-14H2,1-5H3,(H2,23,24,25). The van der Waals surface area contributed by atoms with Gasteiger partial charge in [-0.25, -0.2) is 4.99 Å². The van der Waals surface area contributed by atoms with Gasteiger partial charge in [0.1, 0.15) is 11.5 Å². The number of aliphatic hydroxyl groups is 1. The zero-order valence-electron chi connectivity index (χ0n) is 17.4. The average Bonchev–Trinajstić information content (AvgIpc) is 2.70. The number of nitrogens with one attached hydrogen (secondary N) is 2. The SMILES string of the molecule is CCNC(=NCc1ccc(C)cc1C)NCC(O)c1cc(OC)ccc1OC. The lowest BCUT2D eigenvalue weighted by Gasteiger charge is -2.18. The summed E-state index contributed by atoms with van der Waals surface area (Å²) in [5.41, 5.74) is 4.31. The smallest absolute Gasteiger partial charge is 0.191 e. The van der Waals surface area contributed by atoms with Gasteiger partial charge < -0.3 is 25.2 Å². The van der Waals surface area contributed by atoms with Gasteiger partial charge in [-0.15, -0.1) is 0 Å². The van der Waals surface area contributed by atoms with Gasteiger partial charge in [0.2, 0.25) is 0 Å². The van der Waals surface area contributed by atoms with E-state index in [1.54, 1.807) is 32.4 Å². The van der Waals surface area contributed by atoms with Crippen LogP contribution in [0, 0.1) is 13.8 Å². The molecular formula is C22H31N3O3. The summed E-state index contributed by atoms with van der Waals surface area (Å²) in [6, 6.07) is 11.7. The van der Waals surface area contributed by atoms with Crippen molar-refractivity contribution in [2.24, 2.45) is 4.99 Å². The highest BCUT2D eigenvalue weighted by atomic mass is 16.5. The molecule has 0 saturated carbocycles. The molecule has 152 valence electrons. The maximum atomic E-state index is 10.6. The van der Waals surface area contributed by atoms with Crippen molar-refractivity contribution in [2.45, 2.75) is 33.4 Å². The molecule has 2 aromatic rings. The van der Waals surface area contributed by atoms with E-state index in [2.05, 4.69) is 47.7 Å². The number of hydrogen-bond acceptors (Lipinski definition) is 4. The lowest BCUT2D eigenvalue weighted by Crippen LogP contribution is -2.39. The van der Waals surface area contributed by atoms with E-state index in [1.165, 1.54) is 16.7 Å². The van der Waals surface area contributed by atoms with Crippen LogP contribution in [0.3, 0.4) is 0 Å². The van der Waals surface area contributed by atoms with Gasteiger partial charge in [-0.2, -0.15) is 0 Å². The van der Waals surface area contributed by atoms with Crippen molar-refractivity contribution in [3.8, 4) is 11.5 Å². The first kappa shape index (κ1) is 21.6. The zero-order chi connectivity index (χ0) is 20.5. The Hall–Kier alpha value is -2.73. The second-order valence-electron chi connectivity index (χ2n) is 6.63. The third-order valence-electron chi connectivity index (χ3n) is 4.51. The fourth-order valence-corrected chi connectivity index (χ4v) is 2.93. The molecule has 0 bridgehead atoms. The zero-order valence-corrected chi connectivity index (χ0v) is 17.4. The number of aliphatic imine (C=N–C) groups is 1. The third kappa shape index (κ3) is 5.89. The Kier molecular flexibility index (Phi) is 8.14. The van der Waals surface area contributed by atoms with Crippen LogP contribution in [0.5, 0.6) is 11.5 Å². The molecule has 0 aromatic heterocycles. The minimum absolute atomic E-state index is 0.294. The minimum atomic E-state index is -0.769. The van der Waals surface area contributed by atoms with Crippen LogP contribution in [0.25, 0.3) is 0 Å². The summed E-state index contributed by atoms with van der Waals surface area (Å²) >= 11 is 0. The van der Waals surface area contributed by atoms with Crippen LogP contribution in [0.4, 0.5) is 0 Å². The van der Waals surface area contributed by atoms with Crippen molar-refractivity contribution in [1.29, 1.82) is 0 Å². The molecule has 1 atom stereocenters. The van der Waals surface area contributed by atoms with E-state index in [9.17, 15) is 5.11 Å². The van der Waals surface area contributed by atoms with Crippen molar-refractivity contribution in [3.05, 3.63) is 58.7 Å². The molecule has 0 fully saturated rings. The van der Waals surface area contributed by atoms with Crippen LogP contribution < -0.4 is 20.1 Å². The summed E-state index contributed by atoms with van der Waals surface area (Å²) in [5, 5.41) is 17.1. The number of guanidine groups is 1. The molecule has 0 saturated heterocycles. The summed E-state index contributed by atoms with van der Waals surface area (Å²) in [6.07, 6.45) is -0.769. The average molecular weight is 386 g/mol. The fraction of sp³-hybridized carbons (Fsp3) is 0.409. The van der Waals surface area contributed by atoms with E-state index in [4.69, 9.17) is 9.47 Å². The molecule has 2 rings (SSSR count). The monoisotopic (exact) mass is 385 g/mol. The first-order chi connectivity index (χ1) is 13.5. The first-order valence-electron chi connectivity index (χ1n) is 9.46. The number of aliphatic hydroxyl groups excluding tert-OH is 1. The van der Waals surface area contributed by atoms with Gasteiger partial charge in [0.25, 0.3) is 0 Å². The van der Waals surface area contributed by atoms with Gasteiger partial charge >= 0.3 is 0 Å². The Morgan fingerprint density at radius 1 is 1.07 bits per heavy atom. The summed E-state index contributed by atoms with van der Waals surface area (Å²) in [5.74, 6) is 1.95. The van der Waals surface area contributed by atoms with Crippen molar-refractivity contribution in [3.63, 3.8) is 0 Å². The maximum absolute atomic E-state index is 10.6. The second kappa shape index (κ2) is 10.6. The fourth-order valence-electron chi connectivity index (χ4n) is 2.93. The predicted octanol–water partition coefficient (Wildman–Crippen LogP) is 3.11. The molecule has 6 nitrogen and oxygen atoms in total. The van der Waals surface area contributed by atoms with Gasteiger partial charge in [0, 0.05) is 18.7 Å². The third-order valence-corrected chi connectivity index (χ3v) is 4.51. The van der Waals surface area contributed by atoms with Crippen molar-refractivity contribution in [1.82, 2.24) is 10.6 Å². The van der Waals surface area contributed by atoms with Gasteiger partial charge in [-0.1, -0.05) is 23.8 Å². The maximum Gasteiger partial charge on any atom is 0.191 e. The number of methoxy groups -OCH3 is 2. The van der Waals surface area contributed by atoms with Crippen LogP contribution in [-0.2, 0) is 6.54 Å². The molecule has 0 aliphatic rings. The molecule has 0 aliphatic heterocycles. The van der Waals surface area contributed by atoms with Gasteiger partial charge in [0.05, 0.1) is 26.9 Å². The molecule has 0 heterocycles. The van der Waals surface area contributed by atoms with Crippen molar-refractivity contribution >= 4 is 5.96 Å². The lowest BCUT2D eigenvalue weighted by atomic mass is 10.1. The van der Waals surface area contributed by atoms with E-state index < -0.39 is 6.10 Å². The Balaban J connectivity index is 2.08. The number of hydrogen-bond donors (Lipinski definition) is 3. The second-order valence-corrected chi connectivity index (χ2v) is 6.63. The van der Waals surface area contributed by atoms with Crippen LogP contribution in [0.1, 0.15) is 35.3 Å². The summed E-state index contributed by atoms with van der Waals surface area (Å²) < 4.78 is 10.6. The van der Waals surface area contributed by atoms with E-state index in [0.717, 1.165) is 6.54 Å². The molecule has 0 radical (unpaired) electrons. The van der Waals surface area contributed by atoms with Crippen LogP contribution in [0.2, 0.25) is 0 Å². The number of ether oxygens (including phenoxy) is 2. The number of rotatable bonds is 8. The molecule has 0 aliphatic carbocycles. The number of aryl methyl sites for hydroxylation is 2. The quantitative estimate of drug-likeness (QED) is 0.481. The van der Waals surface area contributed by atoms with E-state index in [-0.39, 0.29) is 0 Å². The normalized spacial score (nSPS) is 12.4. The minimum Gasteiger partial charge on any atom is -0.497 e. The molecular weight excluding hydrogens is 354 g/mol. The summed E-state index contributed by atoms with van der Waals surface area (Å²) in [4.78, 5) is 4.64. The molecule has 2 aromatic carbocycles.